The fraction of sp³-hybridized carbons (Fsp3) is 0.481. The molecule has 0 radical (unpaired) electrons. The third kappa shape index (κ3) is 8.62. The van der Waals surface area contributed by atoms with E-state index < -0.39 is 21.9 Å². The van der Waals surface area contributed by atoms with Crippen molar-refractivity contribution in [2.24, 2.45) is 5.92 Å². The molecule has 0 heterocycles. The quantitative estimate of drug-likeness (QED) is 0.428. The Morgan fingerprint density at radius 1 is 1.08 bits per heavy atom. The normalized spacial score (nSPS) is 12.3. The maximum Gasteiger partial charge on any atom is 0.242 e. The van der Waals surface area contributed by atoms with Crippen molar-refractivity contribution in [3.63, 3.8) is 0 Å². The van der Waals surface area contributed by atoms with E-state index in [-0.39, 0.29) is 49.4 Å². The second-order valence-electron chi connectivity index (χ2n) is 9.46. The highest BCUT2D eigenvalue weighted by molar-refractivity contribution is 7.92. The number of rotatable bonds is 13. The molecule has 1 N–H and O–H groups in total. The van der Waals surface area contributed by atoms with Gasteiger partial charge in [0.2, 0.25) is 21.8 Å². The van der Waals surface area contributed by atoms with Crippen LogP contribution < -0.4 is 9.62 Å². The van der Waals surface area contributed by atoms with Crippen LogP contribution in [0.15, 0.2) is 48.5 Å². The number of nitrogens with zero attached hydrogens (tertiary/aromatic N) is 2. The molecule has 2 amide bonds. The minimum absolute atomic E-state index is 0.0141. The number of benzene rings is 2. The molecule has 1 unspecified atom stereocenters. The first-order valence-electron chi connectivity index (χ1n) is 12.3. The molecule has 0 aromatic heterocycles. The van der Waals surface area contributed by atoms with Crippen molar-refractivity contribution in [2.45, 2.75) is 59.5 Å². The second-order valence-corrected chi connectivity index (χ2v) is 11.4. The van der Waals surface area contributed by atoms with Crippen molar-refractivity contribution < 1.29 is 22.4 Å². The standard InChI is InChI=1S/C27H38FN3O4S/c1-6-24(27(33)29-18-20(2)3)30(19-22-12-9-11-21(4)17-22)26(32)15-10-16-31(36(5,34)35)25-14-8-7-13-23(25)28/h7-9,11-14,17,20,24H,6,10,15-16,18-19H2,1-5H3,(H,29,33). The molecule has 7 nitrogen and oxygen atoms in total. The minimum Gasteiger partial charge on any atom is -0.354 e. The number of hydrogen-bond donors (Lipinski definition) is 1. The van der Waals surface area contributed by atoms with Gasteiger partial charge in [-0.3, -0.25) is 13.9 Å². The topological polar surface area (TPSA) is 86.8 Å². The number of para-hydroxylation sites is 1. The number of halogens is 1. The first-order valence-corrected chi connectivity index (χ1v) is 14.1. The molecule has 0 saturated heterocycles. The maximum atomic E-state index is 14.3. The van der Waals surface area contributed by atoms with Gasteiger partial charge in [0.05, 0.1) is 11.9 Å². The smallest absolute Gasteiger partial charge is 0.242 e. The molecule has 0 bridgehead atoms. The van der Waals surface area contributed by atoms with E-state index in [1.54, 1.807) is 11.0 Å². The Kier molecular flexibility index (Phi) is 10.9. The van der Waals surface area contributed by atoms with Gasteiger partial charge in [-0.1, -0.05) is 62.7 Å². The lowest BCUT2D eigenvalue weighted by atomic mass is 10.1. The van der Waals surface area contributed by atoms with Gasteiger partial charge in [0.1, 0.15) is 11.9 Å². The summed E-state index contributed by atoms with van der Waals surface area (Å²) in [5.74, 6) is -0.850. The van der Waals surface area contributed by atoms with E-state index in [4.69, 9.17) is 0 Å². The number of nitrogens with one attached hydrogen (secondary N) is 1. The highest BCUT2D eigenvalue weighted by Gasteiger charge is 2.29. The van der Waals surface area contributed by atoms with Crippen LogP contribution in [0.2, 0.25) is 0 Å². The molecule has 9 heteroatoms. The second kappa shape index (κ2) is 13.4. The number of anilines is 1. The molecule has 0 saturated carbocycles. The summed E-state index contributed by atoms with van der Waals surface area (Å²) >= 11 is 0. The predicted molar refractivity (Wildman–Crippen MR) is 141 cm³/mol. The molecule has 36 heavy (non-hydrogen) atoms. The van der Waals surface area contributed by atoms with Crippen molar-refractivity contribution in [3.05, 3.63) is 65.5 Å². The summed E-state index contributed by atoms with van der Waals surface area (Å²) in [4.78, 5) is 28.0. The lowest BCUT2D eigenvalue weighted by Crippen LogP contribution is -2.49. The first-order chi connectivity index (χ1) is 16.9. The predicted octanol–water partition coefficient (Wildman–Crippen LogP) is 4.26. The van der Waals surface area contributed by atoms with Crippen LogP contribution in [0.5, 0.6) is 0 Å². The van der Waals surface area contributed by atoms with Crippen molar-refractivity contribution in [1.82, 2.24) is 10.2 Å². The third-order valence-electron chi connectivity index (χ3n) is 5.78. The van der Waals surface area contributed by atoms with E-state index in [1.807, 2.05) is 52.0 Å². The Bertz CT molecular complexity index is 1140. The van der Waals surface area contributed by atoms with E-state index in [0.717, 1.165) is 21.7 Å². The molecule has 1 atom stereocenters. The van der Waals surface area contributed by atoms with Crippen LogP contribution in [0.3, 0.4) is 0 Å². The maximum absolute atomic E-state index is 14.3. The lowest BCUT2D eigenvalue weighted by Gasteiger charge is -2.31. The summed E-state index contributed by atoms with van der Waals surface area (Å²) in [6.45, 7) is 8.54. The van der Waals surface area contributed by atoms with E-state index in [2.05, 4.69) is 5.32 Å². The summed E-state index contributed by atoms with van der Waals surface area (Å²) in [5.41, 5.74) is 1.90. The van der Waals surface area contributed by atoms with E-state index in [1.165, 1.54) is 18.2 Å². The van der Waals surface area contributed by atoms with Gasteiger partial charge in [0.25, 0.3) is 0 Å². The average molecular weight is 520 g/mol. The van der Waals surface area contributed by atoms with Crippen molar-refractivity contribution in [1.29, 1.82) is 0 Å². The Labute approximate surface area is 214 Å². The van der Waals surface area contributed by atoms with E-state index in [9.17, 15) is 22.4 Å². The monoisotopic (exact) mass is 519 g/mol. The van der Waals surface area contributed by atoms with Crippen LogP contribution in [-0.4, -0.2) is 50.5 Å². The summed E-state index contributed by atoms with van der Waals surface area (Å²) in [5, 5.41) is 2.93. The lowest BCUT2D eigenvalue weighted by molar-refractivity contribution is -0.141. The van der Waals surface area contributed by atoms with Gasteiger partial charge in [0, 0.05) is 26.1 Å². The summed E-state index contributed by atoms with van der Waals surface area (Å²) in [7, 11) is -3.76. The van der Waals surface area contributed by atoms with Gasteiger partial charge in [0.15, 0.2) is 0 Å². The fourth-order valence-electron chi connectivity index (χ4n) is 3.99. The molecule has 2 aromatic carbocycles. The van der Waals surface area contributed by atoms with Crippen LogP contribution in [0.1, 0.15) is 51.2 Å². The van der Waals surface area contributed by atoms with Crippen LogP contribution in [-0.2, 0) is 26.2 Å². The molecule has 0 aliphatic heterocycles. The SMILES string of the molecule is CCC(C(=O)NCC(C)C)N(Cc1cccc(C)c1)C(=O)CCCN(c1ccccc1F)S(C)(=O)=O. The van der Waals surface area contributed by atoms with E-state index >= 15 is 0 Å². The highest BCUT2D eigenvalue weighted by atomic mass is 32.2. The zero-order chi connectivity index (χ0) is 26.9. The molecule has 198 valence electrons. The van der Waals surface area contributed by atoms with Crippen molar-refractivity contribution in [3.8, 4) is 0 Å². The van der Waals surface area contributed by atoms with Crippen LogP contribution in [0.25, 0.3) is 0 Å². The van der Waals surface area contributed by atoms with Gasteiger partial charge in [-0.2, -0.15) is 0 Å². The molecule has 0 fully saturated rings. The van der Waals surface area contributed by atoms with Crippen molar-refractivity contribution in [2.75, 3.05) is 23.7 Å². The Hall–Kier alpha value is -2.94. The molecule has 0 aliphatic carbocycles. The number of hydrogen-bond acceptors (Lipinski definition) is 4. The Morgan fingerprint density at radius 2 is 1.78 bits per heavy atom. The van der Waals surface area contributed by atoms with Crippen LogP contribution in [0, 0.1) is 18.7 Å². The van der Waals surface area contributed by atoms with Crippen LogP contribution >= 0.6 is 0 Å². The van der Waals surface area contributed by atoms with Gasteiger partial charge in [-0.15, -0.1) is 0 Å². The van der Waals surface area contributed by atoms with Crippen molar-refractivity contribution >= 4 is 27.5 Å². The number of sulfonamides is 1. The number of carbonyl (C=O) groups excluding carboxylic acids is 2. The highest BCUT2D eigenvalue weighted by Crippen LogP contribution is 2.22. The van der Waals surface area contributed by atoms with Gasteiger partial charge >= 0.3 is 0 Å². The summed E-state index contributed by atoms with van der Waals surface area (Å²) < 4.78 is 40.0. The average Bonchev–Trinajstić information content (AvgIpc) is 2.80. The number of amides is 2. The molecule has 2 aromatic rings. The van der Waals surface area contributed by atoms with Gasteiger partial charge < -0.3 is 10.2 Å². The third-order valence-corrected chi connectivity index (χ3v) is 6.96. The minimum atomic E-state index is -3.76. The number of carbonyl (C=O) groups is 2. The molecule has 0 spiro atoms. The molecular formula is C27H38FN3O4S. The largest absolute Gasteiger partial charge is 0.354 e. The van der Waals surface area contributed by atoms with Gasteiger partial charge in [-0.05, 0) is 43.4 Å². The zero-order valence-electron chi connectivity index (χ0n) is 21.8. The fourth-order valence-corrected chi connectivity index (χ4v) is 4.95. The molecule has 2 rings (SSSR count). The van der Waals surface area contributed by atoms with E-state index in [0.29, 0.717) is 13.0 Å². The summed E-state index contributed by atoms with van der Waals surface area (Å²) in [6, 6.07) is 12.7. The zero-order valence-corrected chi connectivity index (χ0v) is 22.6. The summed E-state index contributed by atoms with van der Waals surface area (Å²) in [6.07, 6.45) is 1.64. The first kappa shape index (κ1) is 29.3. The molecule has 0 aliphatic rings. The molecular weight excluding hydrogens is 481 g/mol. The van der Waals surface area contributed by atoms with Gasteiger partial charge in [-0.25, -0.2) is 12.8 Å². The Morgan fingerprint density at radius 3 is 2.36 bits per heavy atom. The Balaban J connectivity index is 2.22. The number of aryl methyl sites for hydroxylation is 1. The van der Waals surface area contributed by atoms with Crippen LogP contribution in [0.4, 0.5) is 10.1 Å².